The maximum absolute atomic E-state index is 4.04. The molecule has 1 heterocycles. The van der Waals surface area contributed by atoms with Crippen LogP contribution in [0.15, 0.2) is 30.5 Å². The minimum absolute atomic E-state index is 0.983. The molecule has 2 aromatic rings. The van der Waals surface area contributed by atoms with E-state index >= 15 is 0 Å². The van der Waals surface area contributed by atoms with E-state index in [1.807, 2.05) is 24.4 Å². The molecule has 60 valence electrons. The highest BCUT2D eigenvalue weighted by Crippen LogP contribution is 2.14. The predicted molar refractivity (Wildman–Crippen MR) is 48.9 cm³/mol. The Morgan fingerprint density at radius 3 is 2.92 bits per heavy atom. The number of rotatable bonds is 1. The van der Waals surface area contributed by atoms with Crippen LogP contribution >= 0.6 is 0 Å². The highest BCUT2D eigenvalue weighted by Gasteiger charge is 1.98. The fraction of sp³-hybridized carbons (Fsp3) is 0.200. The molecule has 12 heavy (non-hydrogen) atoms. The molecule has 0 atom stereocenters. The Bertz CT molecular complexity index is 390. The third kappa shape index (κ3) is 1.05. The quantitative estimate of drug-likeness (QED) is 0.635. The second-order valence-electron chi connectivity index (χ2n) is 2.74. The van der Waals surface area contributed by atoms with Gasteiger partial charge in [-0.25, -0.2) is 0 Å². The molecule has 0 spiro atoms. The van der Waals surface area contributed by atoms with Crippen molar-refractivity contribution >= 4 is 10.9 Å². The number of hydrogen-bond acceptors (Lipinski definition) is 2. The van der Waals surface area contributed by atoms with Crippen LogP contribution in [0.2, 0.25) is 0 Å². The van der Waals surface area contributed by atoms with Gasteiger partial charge in [0.05, 0.1) is 11.7 Å². The molecular weight excluding hydrogens is 148 g/mol. The molecule has 0 unspecified atom stereocenters. The van der Waals surface area contributed by atoms with Crippen molar-refractivity contribution in [1.82, 2.24) is 10.2 Å². The summed E-state index contributed by atoms with van der Waals surface area (Å²) >= 11 is 0. The molecule has 0 saturated carbocycles. The number of hydrogen-bond donors (Lipinski definition) is 0. The molecule has 0 amide bonds. The van der Waals surface area contributed by atoms with Gasteiger partial charge in [-0.05, 0) is 18.1 Å². The summed E-state index contributed by atoms with van der Waals surface area (Å²) in [6.45, 7) is 2.13. The second kappa shape index (κ2) is 2.89. The average Bonchev–Trinajstić information content (AvgIpc) is 2.17. The lowest BCUT2D eigenvalue weighted by Gasteiger charge is -2.00. The SMILES string of the molecule is CCc1cnnc2ccccc12. The summed E-state index contributed by atoms with van der Waals surface area (Å²) in [6.07, 6.45) is 2.85. The topological polar surface area (TPSA) is 25.8 Å². The first kappa shape index (κ1) is 7.22. The zero-order valence-corrected chi connectivity index (χ0v) is 6.99. The first-order valence-electron chi connectivity index (χ1n) is 4.11. The van der Waals surface area contributed by atoms with Crippen molar-refractivity contribution in [3.63, 3.8) is 0 Å². The fourth-order valence-electron chi connectivity index (χ4n) is 1.34. The molecule has 2 rings (SSSR count). The van der Waals surface area contributed by atoms with Crippen molar-refractivity contribution in [3.05, 3.63) is 36.0 Å². The Balaban J connectivity index is 2.79. The first-order chi connectivity index (χ1) is 5.92. The van der Waals surface area contributed by atoms with Crippen LogP contribution in [-0.4, -0.2) is 10.2 Å². The Morgan fingerprint density at radius 2 is 2.08 bits per heavy atom. The Labute approximate surface area is 71.3 Å². The second-order valence-corrected chi connectivity index (χ2v) is 2.74. The van der Waals surface area contributed by atoms with E-state index in [0.717, 1.165) is 11.9 Å². The molecule has 0 fully saturated rings. The van der Waals surface area contributed by atoms with E-state index in [1.54, 1.807) is 0 Å². The molecule has 0 bridgehead atoms. The lowest BCUT2D eigenvalue weighted by molar-refractivity contribution is 1.03. The monoisotopic (exact) mass is 158 g/mol. The van der Waals surface area contributed by atoms with Gasteiger partial charge >= 0.3 is 0 Å². The van der Waals surface area contributed by atoms with Gasteiger partial charge in [-0.15, -0.1) is 0 Å². The summed E-state index contributed by atoms with van der Waals surface area (Å²) in [5.74, 6) is 0. The van der Waals surface area contributed by atoms with Gasteiger partial charge in [0.1, 0.15) is 0 Å². The van der Waals surface area contributed by atoms with Crippen LogP contribution in [0.25, 0.3) is 10.9 Å². The smallest absolute Gasteiger partial charge is 0.0932 e. The number of benzene rings is 1. The van der Waals surface area contributed by atoms with Gasteiger partial charge in [0.2, 0.25) is 0 Å². The van der Waals surface area contributed by atoms with Crippen LogP contribution in [0.1, 0.15) is 12.5 Å². The van der Waals surface area contributed by atoms with E-state index in [0.29, 0.717) is 0 Å². The highest BCUT2D eigenvalue weighted by molar-refractivity contribution is 5.81. The molecule has 0 saturated heterocycles. The van der Waals surface area contributed by atoms with Gasteiger partial charge in [0.15, 0.2) is 0 Å². The Morgan fingerprint density at radius 1 is 1.25 bits per heavy atom. The summed E-state index contributed by atoms with van der Waals surface area (Å²) in [6, 6.07) is 8.09. The van der Waals surface area contributed by atoms with Crippen LogP contribution in [0.5, 0.6) is 0 Å². The molecule has 0 aliphatic heterocycles. The highest BCUT2D eigenvalue weighted by atomic mass is 15.1. The van der Waals surface area contributed by atoms with Crippen molar-refractivity contribution in [2.75, 3.05) is 0 Å². The number of nitrogens with zero attached hydrogens (tertiary/aromatic N) is 2. The fourth-order valence-corrected chi connectivity index (χ4v) is 1.34. The minimum atomic E-state index is 0.983. The third-order valence-corrected chi connectivity index (χ3v) is 2.01. The zero-order chi connectivity index (χ0) is 8.39. The van der Waals surface area contributed by atoms with Crippen molar-refractivity contribution in [1.29, 1.82) is 0 Å². The third-order valence-electron chi connectivity index (χ3n) is 2.01. The van der Waals surface area contributed by atoms with E-state index in [-0.39, 0.29) is 0 Å². The predicted octanol–water partition coefficient (Wildman–Crippen LogP) is 2.19. The molecule has 0 radical (unpaired) electrons. The first-order valence-corrected chi connectivity index (χ1v) is 4.11. The summed E-state index contributed by atoms with van der Waals surface area (Å²) in [5, 5.41) is 9.19. The van der Waals surface area contributed by atoms with E-state index in [4.69, 9.17) is 0 Å². The summed E-state index contributed by atoms with van der Waals surface area (Å²) in [4.78, 5) is 0. The van der Waals surface area contributed by atoms with Crippen molar-refractivity contribution in [2.45, 2.75) is 13.3 Å². The molecule has 1 aromatic heterocycles. The Kier molecular flexibility index (Phi) is 1.74. The van der Waals surface area contributed by atoms with E-state index in [1.165, 1.54) is 10.9 Å². The van der Waals surface area contributed by atoms with Crippen LogP contribution in [-0.2, 0) is 6.42 Å². The summed E-state index contributed by atoms with van der Waals surface area (Å²) in [5.41, 5.74) is 2.25. The number of fused-ring (bicyclic) bond motifs is 1. The maximum atomic E-state index is 4.04. The van der Waals surface area contributed by atoms with Crippen molar-refractivity contribution in [3.8, 4) is 0 Å². The lowest BCUT2D eigenvalue weighted by atomic mass is 10.1. The number of aromatic nitrogens is 2. The normalized spacial score (nSPS) is 10.4. The standard InChI is InChI=1S/C10H10N2/c1-2-8-7-11-12-10-6-4-3-5-9(8)10/h3-7H,2H2,1H3. The van der Waals surface area contributed by atoms with Gasteiger partial charge in [-0.1, -0.05) is 25.1 Å². The van der Waals surface area contributed by atoms with Crippen LogP contribution in [0.4, 0.5) is 0 Å². The van der Waals surface area contributed by atoms with Crippen LogP contribution in [0, 0.1) is 0 Å². The summed E-state index contributed by atoms with van der Waals surface area (Å²) in [7, 11) is 0. The molecular formula is C10H10N2. The van der Waals surface area contributed by atoms with Gasteiger partial charge in [0, 0.05) is 5.39 Å². The van der Waals surface area contributed by atoms with Crippen LogP contribution < -0.4 is 0 Å². The molecule has 1 aromatic carbocycles. The van der Waals surface area contributed by atoms with E-state index in [9.17, 15) is 0 Å². The molecule has 2 nitrogen and oxygen atoms in total. The largest absolute Gasteiger partial charge is 0.158 e. The van der Waals surface area contributed by atoms with E-state index < -0.39 is 0 Å². The van der Waals surface area contributed by atoms with Gasteiger partial charge < -0.3 is 0 Å². The van der Waals surface area contributed by atoms with Gasteiger partial charge in [0.25, 0.3) is 0 Å². The lowest BCUT2D eigenvalue weighted by Crippen LogP contribution is -1.89. The molecule has 0 aliphatic rings. The van der Waals surface area contributed by atoms with Crippen LogP contribution in [0.3, 0.4) is 0 Å². The zero-order valence-electron chi connectivity index (χ0n) is 6.99. The maximum Gasteiger partial charge on any atom is 0.0932 e. The van der Waals surface area contributed by atoms with Gasteiger partial charge in [-0.2, -0.15) is 10.2 Å². The molecule has 0 aliphatic carbocycles. The number of aryl methyl sites for hydroxylation is 1. The molecule has 0 N–H and O–H groups in total. The Hall–Kier alpha value is -1.44. The van der Waals surface area contributed by atoms with Crippen molar-refractivity contribution in [2.24, 2.45) is 0 Å². The molecule has 2 heteroatoms. The minimum Gasteiger partial charge on any atom is -0.158 e. The van der Waals surface area contributed by atoms with E-state index in [2.05, 4.69) is 23.2 Å². The van der Waals surface area contributed by atoms with Crippen molar-refractivity contribution < 1.29 is 0 Å². The summed E-state index contributed by atoms with van der Waals surface area (Å²) < 4.78 is 0. The average molecular weight is 158 g/mol. The van der Waals surface area contributed by atoms with Gasteiger partial charge in [-0.3, -0.25) is 0 Å².